The van der Waals surface area contributed by atoms with Crippen molar-refractivity contribution in [2.75, 3.05) is 19.7 Å². The Labute approximate surface area is 141 Å². The van der Waals surface area contributed by atoms with E-state index >= 15 is 0 Å². The van der Waals surface area contributed by atoms with Crippen LogP contribution in [0.15, 0.2) is 36.4 Å². The van der Waals surface area contributed by atoms with Gasteiger partial charge in [-0.2, -0.15) is 5.10 Å². The maximum atomic E-state index is 12.7. The van der Waals surface area contributed by atoms with Gasteiger partial charge < -0.3 is 14.4 Å². The third-order valence-electron chi connectivity index (χ3n) is 3.91. The van der Waals surface area contributed by atoms with E-state index in [4.69, 9.17) is 9.47 Å². The standard InChI is InChI=1S/C18H21N3O3/c1-3-23-16-7-5-4-6-15(16)18(22)21-11-10-14(12-21)24-17-9-8-13(2)19-20-17/h4-9,14H,3,10-12H2,1-2H3/t14-/m0/s1. The molecule has 3 rings (SSSR count). The Morgan fingerprint density at radius 1 is 1.25 bits per heavy atom. The van der Waals surface area contributed by atoms with Crippen LogP contribution in [-0.4, -0.2) is 46.8 Å². The lowest BCUT2D eigenvalue weighted by atomic mass is 10.2. The molecule has 1 aromatic carbocycles. The van der Waals surface area contributed by atoms with Crippen molar-refractivity contribution in [3.63, 3.8) is 0 Å². The van der Waals surface area contributed by atoms with Gasteiger partial charge in [0.1, 0.15) is 11.9 Å². The normalized spacial score (nSPS) is 16.9. The van der Waals surface area contributed by atoms with Crippen molar-refractivity contribution >= 4 is 5.91 Å². The Morgan fingerprint density at radius 2 is 2.08 bits per heavy atom. The van der Waals surface area contributed by atoms with Gasteiger partial charge in [-0.1, -0.05) is 12.1 Å². The minimum atomic E-state index is -0.0646. The predicted molar refractivity (Wildman–Crippen MR) is 89.3 cm³/mol. The molecular formula is C18H21N3O3. The first kappa shape index (κ1) is 16.2. The van der Waals surface area contributed by atoms with E-state index in [2.05, 4.69) is 10.2 Å². The van der Waals surface area contributed by atoms with Crippen molar-refractivity contribution in [3.05, 3.63) is 47.7 Å². The molecule has 1 amide bonds. The number of carbonyl (C=O) groups is 1. The van der Waals surface area contributed by atoms with Gasteiger partial charge in [0, 0.05) is 19.0 Å². The fraction of sp³-hybridized carbons (Fsp3) is 0.389. The first-order valence-electron chi connectivity index (χ1n) is 8.15. The molecule has 1 aliphatic rings. The van der Waals surface area contributed by atoms with E-state index in [0.717, 1.165) is 12.1 Å². The minimum Gasteiger partial charge on any atom is -0.493 e. The second-order valence-corrected chi connectivity index (χ2v) is 5.72. The molecule has 0 unspecified atom stereocenters. The van der Waals surface area contributed by atoms with E-state index in [1.165, 1.54) is 0 Å². The quantitative estimate of drug-likeness (QED) is 0.844. The molecule has 126 valence electrons. The number of rotatable bonds is 5. The number of ether oxygens (including phenoxy) is 2. The first-order chi connectivity index (χ1) is 11.7. The van der Waals surface area contributed by atoms with Gasteiger partial charge in [0.25, 0.3) is 5.91 Å². The summed E-state index contributed by atoms with van der Waals surface area (Å²) in [5.74, 6) is 1.09. The van der Waals surface area contributed by atoms with Gasteiger partial charge in [0.15, 0.2) is 0 Å². The molecule has 0 bridgehead atoms. The van der Waals surface area contributed by atoms with E-state index in [1.807, 2.05) is 38.1 Å². The average molecular weight is 327 g/mol. The summed E-state index contributed by atoms with van der Waals surface area (Å²) in [7, 11) is 0. The molecule has 0 radical (unpaired) electrons. The molecule has 0 N–H and O–H groups in total. The van der Waals surface area contributed by atoms with Gasteiger partial charge in [0.05, 0.1) is 24.4 Å². The number of nitrogens with zero attached hydrogens (tertiary/aromatic N) is 3. The van der Waals surface area contributed by atoms with Crippen LogP contribution >= 0.6 is 0 Å². The van der Waals surface area contributed by atoms with Crippen LogP contribution in [0.25, 0.3) is 0 Å². The molecule has 2 aromatic rings. The monoisotopic (exact) mass is 327 g/mol. The molecule has 24 heavy (non-hydrogen) atoms. The highest BCUT2D eigenvalue weighted by molar-refractivity contribution is 5.97. The number of likely N-dealkylation sites (tertiary alicyclic amines) is 1. The summed E-state index contributed by atoms with van der Waals surface area (Å²) in [6, 6.07) is 11.0. The third-order valence-corrected chi connectivity index (χ3v) is 3.91. The van der Waals surface area contributed by atoms with Gasteiger partial charge in [0.2, 0.25) is 5.88 Å². The molecule has 1 atom stereocenters. The molecule has 2 heterocycles. The van der Waals surface area contributed by atoms with E-state index in [1.54, 1.807) is 17.0 Å². The number of para-hydroxylation sites is 1. The summed E-state index contributed by atoms with van der Waals surface area (Å²) in [6.07, 6.45) is 0.711. The van der Waals surface area contributed by atoms with Crippen LogP contribution in [0, 0.1) is 6.92 Å². The molecule has 0 aliphatic carbocycles. The van der Waals surface area contributed by atoms with Crippen LogP contribution < -0.4 is 9.47 Å². The largest absolute Gasteiger partial charge is 0.493 e. The Morgan fingerprint density at radius 3 is 2.83 bits per heavy atom. The molecule has 1 aromatic heterocycles. The summed E-state index contributed by atoms with van der Waals surface area (Å²) in [5, 5.41) is 8.00. The second kappa shape index (κ2) is 7.29. The van der Waals surface area contributed by atoms with Crippen LogP contribution in [0.1, 0.15) is 29.4 Å². The number of aryl methyl sites for hydroxylation is 1. The molecule has 6 nitrogen and oxygen atoms in total. The third kappa shape index (κ3) is 3.64. The lowest BCUT2D eigenvalue weighted by Crippen LogP contribution is -2.31. The van der Waals surface area contributed by atoms with Crippen LogP contribution in [0.3, 0.4) is 0 Å². The highest BCUT2D eigenvalue weighted by Gasteiger charge is 2.29. The molecule has 0 saturated carbocycles. The number of hydrogen-bond donors (Lipinski definition) is 0. The first-order valence-corrected chi connectivity index (χ1v) is 8.15. The number of amides is 1. The number of carbonyl (C=O) groups excluding carboxylic acids is 1. The SMILES string of the molecule is CCOc1ccccc1C(=O)N1CC[C@H](Oc2ccc(C)nn2)C1. The van der Waals surface area contributed by atoms with Crippen molar-refractivity contribution < 1.29 is 14.3 Å². The topological polar surface area (TPSA) is 64.5 Å². The molecule has 6 heteroatoms. The van der Waals surface area contributed by atoms with Crippen LogP contribution in [0.4, 0.5) is 0 Å². The van der Waals surface area contributed by atoms with Crippen molar-refractivity contribution in [1.82, 2.24) is 15.1 Å². The zero-order chi connectivity index (χ0) is 16.9. The fourth-order valence-corrected chi connectivity index (χ4v) is 2.72. The van der Waals surface area contributed by atoms with Crippen molar-refractivity contribution in [1.29, 1.82) is 0 Å². The number of aromatic nitrogens is 2. The Kier molecular flexibility index (Phi) is 4.93. The Hall–Kier alpha value is -2.63. The summed E-state index contributed by atoms with van der Waals surface area (Å²) in [6.45, 7) is 5.51. The van der Waals surface area contributed by atoms with Gasteiger partial charge in [-0.25, -0.2) is 0 Å². The smallest absolute Gasteiger partial charge is 0.257 e. The fourth-order valence-electron chi connectivity index (χ4n) is 2.72. The summed E-state index contributed by atoms with van der Waals surface area (Å²) in [4.78, 5) is 14.5. The van der Waals surface area contributed by atoms with Crippen molar-refractivity contribution in [2.24, 2.45) is 0 Å². The van der Waals surface area contributed by atoms with E-state index < -0.39 is 0 Å². The maximum Gasteiger partial charge on any atom is 0.257 e. The lowest BCUT2D eigenvalue weighted by Gasteiger charge is -2.18. The average Bonchev–Trinajstić information content (AvgIpc) is 3.06. The highest BCUT2D eigenvalue weighted by Crippen LogP contribution is 2.23. The highest BCUT2D eigenvalue weighted by atomic mass is 16.5. The van der Waals surface area contributed by atoms with Gasteiger partial charge in [-0.15, -0.1) is 5.10 Å². The zero-order valence-corrected chi connectivity index (χ0v) is 13.9. The Bertz CT molecular complexity index is 703. The molecular weight excluding hydrogens is 306 g/mol. The van der Waals surface area contributed by atoms with Crippen molar-refractivity contribution in [3.8, 4) is 11.6 Å². The lowest BCUT2D eigenvalue weighted by molar-refractivity contribution is 0.0767. The van der Waals surface area contributed by atoms with Gasteiger partial charge in [-0.3, -0.25) is 4.79 Å². The van der Waals surface area contributed by atoms with Crippen molar-refractivity contribution in [2.45, 2.75) is 26.4 Å². The summed E-state index contributed by atoms with van der Waals surface area (Å²) >= 11 is 0. The van der Waals surface area contributed by atoms with Crippen LogP contribution in [0.2, 0.25) is 0 Å². The van der Waals surface area contributed by atoms with Crippen LogP contribution in [0.5, 0.6) is 11.6 Å². The molecule has 1 fully saturated rings. The number of hydrogen-bond acceptors (Lipinski definition) is 5. The summed E-state index contributed by atoms with van der Waals surface area (Å²) in [5.41, 5.74) is 1.44. The van der Waals surface area contributed by atoms with Gasteiger partial charge >= 0.3 is 0 Å². The summed E-state index contributed by atoms with van der Waals surface area (Å²) < 4.78 is 11.4. The van der Waals surface area contributed by atoms with Crippen LogP contribution in [-0.2, 0) is 0 Å². The maximum absolute atomic E-state index is 12.7. The van der Waals surface area contributed by atoms with E-state index in [0.29, 0.717) is 36.9 Å². The molecule has 1 aliphatic heterocycles. The van der Waals surface area contributed by atoms with Gasteiger partial charge in [-0.05, 0) is 32.0 Å². The second-order valence-electron chi connectivity index (χ2n) is 5.72. The van der Waals surface area contributed by atoms with E-state index in [-0.39, 0.29) is 12.0 Å². The Balaban J connectivity index is 1.65. The van der Waals surface area contributed by atoms with E-state index in [9.17, 15) is 4.79 Å². The molecule has 0 spiro atoms. The zero-order valence-electron chi connectivity index (χ0n) is 13.9. The molecule has 1 saturated heterocycles. The minimum absolute atomic E-state index is 0.0276. The predicted octanol–water partition coefficient (Wildman–Crippen LogP) is 2.48. The number of benzene rings is 1.